The minimum atomic E-state index is -0.749. The van der Waals surface area contributed by atoms with Crippen molar-refractivity contribution in [2.75, 3.05) is 5.32 Å². The summed E-state index contributed by atoms with van der Waals surface area (Å²) in [6.07, 6.45) is 0. The molecule has 23 heavy (non-hydrogen) atoms. The zero-order valence-corrected chi connectivity index (χ0v) is 12.4. The molecule has 0 aromatic heterocycles. The van der Waals surface area contributed by atoms with Crippen LogP contribution in [0.4, 0.5) is 22.7 Å². The number of hydrogen-bond donors (Lipinski definition) is 1. The lowest BCUT2D eigenvalue weighted by molar-refractivity contribution is -0.392. The fourth-order valence-corrected chi connectivity index (χ4v) is 2.11. The van der Waals surface area contributed by atoms with Crippen LogP contribution in [0.5, 0.6) is 0 Å². The average Bonchev–Trinajstić information content (AvgIpc) is 2.51. The van der Waals surface area contributed by atoms with Gasteiger partial charge in [-0.15, -0.1) is 0 Å². The molecule has 0 unspecified atom stereocenters. The minimum Gasteiger partial charge on any atom is -0.344 e. The van der Waals surface area contributed by atoms with Gasteiger partial charge in [0.15, 0.2) is 5.69 Å². The molecule has 2 rings (SSSR count). The van der Waals surface area contributed by atoms with E-state index in [-0.39, 0.29) is 11.3 Å². The first-order valence-corrected chi connectivity index (χ1v) is 6.55. The number of nitrogens with zero attached hydrogens (tertiary/aromatic N) is 3. The van der Waals surface area contributed by atoms with Crippen LogP contribution in [-0.2, 0) is 0 Å². The molecule has 0 aliphatic heterocycles. The fourth-order valence-electron chi connectivity index (χ4n) is 2.11. The Labute approximate surface area is 131 Å². The van der Waals surface area contributed by atoms with Gasteiger partial charge in [-0.1, -0.05) is 12.1 Å². The van der Waals surface area contributed by atoms with Crippen LogP contribution in [0.1, 0.15) is 16.7 Å². The van der Waals surface area contributed by atoms with E-state index in [9.17, 15) is 20.2 Å². The fraction of sp³-hybridized carbons (Fsp3) is 0.133. The summed E-state index contributed by atoms with van der Waals surface area (Å²) in [5.74, 6) is 0. The Morgan fingerprint density at radius 2 is 1.65 bits per heavy atom. The Morgan fingerprint density at radius 1 is 1.09 bits per heavy atom. The van der Waals surface area contributed by atoms with Gasteiger partial charge in [-0.3, -0.25) is 20.2 Å². The molecular formula is C15H12N4O4. The van der Waals surface area contributed by atoms with Crippen molar-refractivity contribution in [3.05, 3.63) is 67.3 Å². The second kappa shape index (κ2) is 6.11. The molecule has 0 heterocycles. The SMILES string of the molecule is Cc1cccc(Nc2c([N+](=O)[O-])cc(C#N)cc2[N+](=O)[O-])c1C. The molecule has 0 aliphatic rings. The summed E-state index contributed by atoms with van der Waals surface area (Å²) in [6.45, 7) is 3.67. The Morgan fingerprint density at radius 3 is 2.13 bits per heavy atom. The van der Waals surface area contributed by atoms with Gasteiger partial charge in [0.2, 0.25) is 0 Å². The largest absolute Gasteiger partial charge is 0.344 e. The Hall–Kier alpha value is -3.47. The van der Waals surface area contributed by atoms with Gasteiger partial charge < -0.3 is 5.32 Å². The highest BCUT2D eigenvalue weighted by Crippen LogP contribution is 2.38. The molecule has 0 radical (unpaired) electrons. The van der Waals surface area contributed by atoms with Crippen molar-refractivity contribution in [1.29, 1.82) is 5.26 Å². The molecule has 0 atom stereocenters. The summed E-state index contributed by atoms with van der Waals surface area (Å²) in [5.41, 5.74) is 0.867. The monoisotopic (exact) mass is 312 g/mol. The van der Waals surface area contributed by atoms with Crippen LogP contribution in [0.15, 0.2) is 30.3 Å². The van der Waals surface area contributed by atoms with Gasteiger partial charge in [0.05, 0.1) is 21.5 Å². The number of nitrogens with one attached hydrogen (secondary N) is 1. The first-order valence-electron chi connectivity index (χ1n) is 6.55. The van der Waals surface area contributed by atoms with Gasteiger partial charge in [-0.2, -0.15) is 5.26 Å². The number of anilines is 2. The molecule has 8 nitrogen and oxygen atoms in total. The van der Waals surface area contributed by atoms with Gasteiger partial charge in [0.25, 0.3) is 0 Å². The summed E-state index contributed by atoms with van der Waals surface area (Å²) in [6, 6.07) is 9.00. The first-order chi connectivity index (χ1) is 10.8. The van der Waals surface area contributed by atoms with E-state index in [0.717, 1.165) is 23.3 Å². The van der Waals surface area contributed by atoms with Crippen molar-refractivity contribution >= 4 is 22.7 Å². The molecule has 2 aromatic carbocycles. The molecule has 0 fully saturated rings. The predicted molar refractivity (Wildman–Crippen MR) is 83.7 cm³/mol. The van der Waals surface area contributed by atoms with E-state index in [1.54, 1.807) is 25.1 Å². The second-order valence-electron chi connectivity index (χ2n) is 4.89. The number of nitriles is 1. The number of nitro groups is 2. The van der Waals surface area contributed by atoms with E-state index in [1.165, 1.54) is 0 Å². The van der Waals surface area contributed by atoms with E-state index in [1.807, 2.05) is 13.0 Å². The third-order valence-corrected chi connectivity index (χ3v) is 3.48. The van der Waals surface area contributed by atoms with Gasteiger partial charge in [0, 0.05) is 17.8 Å². The quantitative estimate of drug-likeness (QED) is 0.677. The van der Waals surface area contributed by atoms with Crippen LogP contribution in [0, 0.1) is 45.4 Å². The van der Waals surface area contributed by atoms with Crippen LogP contribution < -0.4 is 5.32 Å². The summed E-state index contributed by atoms with van der Waals surface area (Å²) >= 11 is 0. The van der Waals surface area contributed by atoms with Crippen molar-refractivity contribution in [2.45, 2.75) is 13.8 Å². The van der Waals surface area contributed by atoms with Crippen molar-refractivity contribution in [3.63, 3.8) is 0 Å². The number of nitro benzene ring substituents is 2. The molecule has 2 aromatic rings. The van der Waals surface area contributed by atoms with Gasteiger partial charge in [0.1, 0.15) is 0 Å². The van der Waals surface area contributed by atoms with E-state index in [4.69, 9.17) is 5.26 Å². The van der Waals surface area contributed by atoms with Crippen LogP contribution in [0.2, 0.25) is 0 Å². The highest BCUT2D eigenvalue weighted by molar-refractivity contribution is 5.81. The Bertz CT molecular complexity index is 820. The van der Waals surface area contributed by atoms with Gasteiger partial charge in [-0.05, 0) is 31.0 Å². The van der Waals surface area contributed by atoms with E-state index >= 15 is 0 Å². The number of benzene rings is 2. The normalized spacial score (nSPS) is 9.96. The summed E-state index contributed by atoms with van der Waals surface area (Å²) in [4.78, 5) is 21.0. The molecule has 0 aliphatic carbocycles. The third kappa shape index (κ3) is 3.08. The molecule has 0 bridgehead atoms. The molecule has 116 valence electrons. The maximum Gasteiger partial charge on any atom is 0.301 e. The van der Waals surface area contributed by atoms with Crippen LogP contribution in [0.25, 0.3) is 0 Å². The molecule has 8 heteroatoms. The summed E-state index contributed by atoms with van der Waals surface area (Å²) in [7, 11) is 0. The first kappa shape index (κ1) is 15.9. The lowest BCUT2D eigenvalue weighted by atomic mass is 10.1. The summed E-state index contributed by atoms with van der Waals surface area (Å²) < 4.78 is 0. The highest BCUT2D eigenvalue weighted by atomic mass is 16.6. The van der Waals surface area contributed by atoms with Gasteiger partial charge >= 0.3 is 11.4 Å². The van der Waals surface area contributed by atoms with Crippen LogP contribution in [-0.4, -0.2) is 9.85 Å². The Balaban J connectivity index is 2.69. The third-order valence-electron chi connectivity index (χ3n) is 3.48. The average molecular weight is 312 g/mol. The second-order valence-corrected chi connectivity index (χ2v) is 4.89. The molecular weight excluding hydrogens is 300 g/mol. The van der Waals surface area contributed by atoms with E-state index in [2.05, 4.69) is 5.32 Å². The zero-order chi connectivity index (χ0) is 17.1. The van der Waals surface area contributed by atoms with Crippen LogP contribution >= 0.6 is 0 Å². The standard InChI is InChI=1S/C15H12N4O4/c1-9-4-3-5-12(10(9)2)17-15-13(18(20)21)6-11(8-16)7-14(15)19(22)23/h3-7,17H,1-2H3. The lowest BCUT2D eigenvalue weighted by Gasteiger charge is -2.12. The van der Waals surface area contributed by atoms with Crippen molar-refractivity contribution < 1.29 is 9.85 Å². The van der Waals surface area contributed by atoms with E-state index < -0.39 is 21.2 Å². The molecule has 0 spiro atoms. The number of aryl methyl sites for hydroxylation is 1. The maximum absolute atomic E-state index is 11.2. The summed E-state index contributed by atoms with van der Waals surface area (Å²) in [5, 5.41) is 34.1. The minimum absolute atomic E-state index is 0.144. The Kier molecular flexibility index (Phi) is 4.23. The topological polar surface area (TPSA) is 122 Å². The predicted octanol–water partition coefficient (Wildman–Crippen LogP) is 3.74. The van der Waals surface area contributed by atoms with Gasteiger partial charge in [-0.25, -0.2) is 0 Å². The number of hydrogen-bond acceptors (Lipinski definition) is 6. The highest BCUT2D eigenvalue weighted by Gasteiger charge is 2.27. The maximum atomic E-state index is 11.2. The number of rotatable bonds is 4. The molecule has 0 saturated carbocycles. The van der Waals surface area contributed by atoms with E-state index in [0.29, 0.717) is 5.69 Å². The van der Waals surface area contributed by atoms with Crippen molar-refractivity contribution in [1.82, 2.24) is 0 Å². The lowest BCUT2D eigenvalue weighted by Crippen LogP contribution is -2.04. The van der Waals surface area contributed by atoms with Crippen molar-refractivity contribution in [2.24, 2.45) is 0 Å². The van der Waals surface area contributed by atoms with Crippen LogP contribution in [0.3, 0.4) is 0 Å². The zero-order valence-electron chi connectivity index (χ0n) is 12.4. The molecule has 1 N–H and O–H groups in total. The van der Waals surface area contributed by atoms with Crippen molar-refractivity contribution in [3.8, 4) is 6.07 Å². The molecule has 0 saturated heterocycles. The molecule has 0 amide bonds. The smallest absolute Gasteiger partial charge is 0.301 e.